The Morgan fingerprint density at radius 1 is 0.878 bits per heavy atom. The number of halogens is 2. The van der Waals surface area contributed by atoms with Gasteiger partial charge in [0.2, 0.25) is 0 Å². The molecule has 4 aromatic rings. The van der Waals surface area contributed by atoms with Crippen LogP contribution in [0.1, 0.15) is 66.1 Å². The SMILES string of the molecule is O=C(c1ccc(-c2cccc(NC(=O)N3C4CC[C@H]3CC(OCc3c(-c5c(Cl)cccc5Cl)noc3C3CC3)C4)c2)cc1)N1CCOCC1. The predicted octanol–water partition coefficient (Wildman–Crippen LogP) is 8.41. The Balaban J connectivity index is 0.906. The summed E-state index contributed by atoms with van der Waals surface area (Å²) in [6.45, 7) is 2.73. The normalized spacial score (nSPS) is 22.0. The molecular weight excluding hydrogens is 663 g/mol. The van der Waals surface area contributed by atoms with Crippen molar-refractivity contribution in [3.05, 3.63) is 93.7 Å². The molecule has 9 nitrogen and oxygen atoms in total. The monoisotopic (exact) mass is 700 g/mol. The minimum Gasteiger partial charge on any atom is -0.378 e. The number of urea groups is 1. The van der Waals surface area contributed by atoms with Crippen LogP contribution in [0.25, 0.3) is 22.4 Å². The number of ether oxygens (including phenoxy) is 2. The van der Waals surface area contributed by atoms with Gasteiger partial charge in [-0.15, -0.1) is 0 Å². The Labute approximate surface area is 295 Å². The fourth-order valence-corrected chi connectivity index (χ4v) is 8.14. The highest BCUT2D eigenvalue weighted by Gasteiger charge is 2.44. The second-order valence-corrected chi connectivity index (χ2v) is 14.2. The Morgan fingerprint density at radius 3 is 2.27 bits per heavy atom. The third-order valence-corrected chi connectivity index (χ3v) is 10.9. The lowest BCUT2D eigenvalue weighted by Crippen LogP contribution is -2.50. The van der Waals surface area contributed by atoms with E-state index in [4.69, 9.17) is 37.2 Å². The summed E-state index contributed by atoms with van der Waals surface area (Å²) in [4.78, 5) is 30.4. The first-order chi connectivity index (χ1) is 23.9. The molecule has 11 heteroatoms. The quantitative estimate of drug-likeness (QED) is 0.198. The van der Waals surface area contributed by atoms with E-state index in [1.165, 1.54) is 0 Å². The van der Waals surface area contributed by atoms with Crippen molar-refractivity contribution in [1.29, 1.82) is 0 Å². The van der Waals surface area contributed by atoms with Gasteiger partial charge < -0.3 is 29.1 Å². The van der Waals surface area contributed by atoms with E-state index in [2.05, 4.69) is 10.5 Å². The third kappa shape index (κ3) is 6.69. The molecular formula is C38H38Cl2N4O5. The van der Waals surface area contributed by atoms with Crippen molar-refractivity contribution in [1.82, 2.24) is 15.0 Å². The first-order valence-electron chi connectivity index (χ1n) is 17.1. The molecule has 4 aliphatic rings. The molecule has 4 heterocycles. The van der Waals surface area contributed by atoms with Gasteiger partial charge in [0.25, 0.3) is 5.91 Å². The molecule has 2 bridgehead atoms. The number of hydrogen-bond donors (Lipinski definition) is 1. The second-order valence-electron chi connectivity index (χ2n) is 13.4. The lowest BCUT2D eigenvalue weighted by molar-refractivity contribution is -0.0158. The van der Waals surface area contributed by atoms with Crippen LogP contribution in [0, 0.1) is 0 Å². The molecule has 8 rings (SSSR count). The number of rotatable bonds is 8. The summed E-state index contributed by atoms with van der Waals surface area (Å²) < 4.78 is 17.8. The summed E-state index contributed by atoms with van der Waals surface area (Å²) in [6, 6.07) is 21.0. The van der Waals surface area contributed by atoms with E-state index < -0.39 is 0 Å². The molecule has 254 valence electrons. The fourth-order valence-electron chi connectivity index (χ4n) is 7.56. The third-order valence-electron chi connectivity index (χ3n) is 10.2. The Bertz CT molecular complexity index is 1820. The Hall–Kier alpha value is -3.89. The summed E-state index contributed by atoms with van der Waals surface area (Å²) in [7, 11) is 0. The topological polar surface area (TPSA) is 97.1 Å². The van der Waals surface area contributed by atoms with E-state index in [0.29, 0.717) is 65.7 Å². The van der Waals surface area contributed by atoms with E-state index in [1.54, 1.807) is 0 Å². The zero-order chi connectivity index (χ0) is 33.5. The molecule has 2 unspecified atom stereocenters. The zero-order valence-electron chi connectivity index (χ0n) is 27.1. The smallest absolute Gasteiger partial charge is 0.322 e. The van der Waals surface area contributed by atoms with Crippen LogP contribution in [0.4, 0.5) is 10.5 Å². The van der Waals surface area contributed by atoms with Gasteiger partial charge in [-0.2, -0.15) is 0 Å². The molecule has 3 saturated heterocycles. The minimum atomic E-state index is -0.0831. The van der Waals surface area contributed by atoms with Crippen LogP contribution < -0.4 is 5.32 Å². The number of carbonyl (C=O) groups excluding carboxylic acids is 2. The fraction of sp³-hybridized carbons (Fsp3) is 0.395. The molecule has 3 amide bonds. The second kappa shape index (κ2) is 13.8. The highest BCUT2D eigenvalue weighted by atomic mass is 35.5. The van der Waals surface area contributed by atoms with Crippen molar-refractivity contribution < 1.29 is 23.6 Å². The summed E-state index contributed by atoms with van der Waals surface area (Å²) in [5, 5.41) is 8.61. The van der Waals surface area contributed by atoms with Gasteiger partial charge in [-0.1, -0.05) is 58.7 Å². The highest BCUT2D eigenvalue weighted by Crippen LogP contribution is 2.46. The number of carbonyl (C=O) groups is 2. The molecule has 0 spiro atoms. The summed E-state index contributed by atoms with van der Waals surface area (Å²) in [5.74, 6) is 1.24. The molecule has 1 N–H and O–H groups in total. The maximum atomic E-state index is 13.7. The average molecular weight is 702 g/mol. The molecule has 0 radical (unpaired) electrons. The molecule has 1 saturated carbocycles. The molecule has 1 aliphatic carbocycles. The number of piperidine rings is 1. The van der Waals surface area contributed by atoms with Crippen molar-refractivity contribution in [3.63, 3.8) is 0 Å². The van der Waals surface area contributed by atoms with Crippen molar-refractivity contribution in [3.8, 4) is 22.4 Å². The predicted molar refractivity (Wildman–Crippen MR) is 188 cm³/mol. The van der Waals surface area contributed by atoms with Gasteiger partial charge in [-0.3, -0.25) is 4.79 Å². The van der Waals surface area contributed by atoms with Gasteiger partial charge >= 0.3 is 6.03 Å². The lowest BCUT2D eigenvalue weighted by atomic mass is 9.99. The van der Waals surface area contributed by atoms with E-state index in [-0.39, 0.29) is 30.1 Å². The number of nitrogens with zero attached hydrogens (tertiary/aromatic N) is 3. The van der Waals surface area contributed by atoms with Crippen LogP contribution >= 0.6 is 23.2 Å². The summed E-state index contributed by atoms with van der Waals surface area (Å²) in [5.41, 5.74) is 5.58. The molecule has 49 heavy (non-hydrogen) atoms. The number of benzene rings is 3. The zero-order valence-corrected chi connectivity index (χ0v) is 28.6. The summed E-state index contributed by atoms with van der Waals surface area (Å²) >= 11 is 13.1. The van der Waals surface area contributed by atoms with Crippen LogP contribution in [0.2, 0.25) is 10.0 Å². The van der Waals surface area contributed by atoms with Gasteiger partial charge in [0, 0.05) is 53.5 Å². The average Bonchev–Trinajstić information content (AvgIpc) is 3.83. The highest BCUT2D eigenvalue weighted by molar-refractivity contribution is 6.39. The first kappa shape index (κ1) is 32.3. The summed E-state index contributed by atoms with van der Waals surface area (Å²) in [6.07, 6.45) is 5.60. The number of nitrogens with one attached hydrogen (secondary N) is 1. The first-order valence-corrected chi connectivity index (χ1v) is 17.9. The van der Waals surface area contributed by atoms with Gasteiger partial charge in [-0.05, 0) is 86.1 Å². The van der Waals surface area contributed by atoms with Gasteiger partial charge in [-0.25, -0.2) is 4.79 Å². The van der Waals surface area contributed by atoms with Gasteiger partial charge in [0.15, 0.2) is 0 Å². The van der Waals surface area contributed by atoms with Crippen molar-refractivity contribution in [2.75, 3.05) is 31.6 Å². The van der Waals surface area contributed by atoms with E-state index in [9.17, 15) is 9.59 Å². The lowest BCUT2D eigenvalue weighted by Gasteiger charge is -2.38. The maximum Gasteiger partial charge on any atom is 0.322 e. The standard InChI is InChI=1S/C38H38Cl2N4O5/c39-32-5-2-6-33(40)34(32)35-31(36(49-42-35)24-9-10-24)22-48-30-20-28-13-14-29(21-30)44(28)38(46)41-27-4-1-3-26(19-27)23-7-11-25(12-8-23)37(45)43-15-17-47-18-16-43/h1-8,11-12,19,24,28-30H,9-10,13-18,20-22H2,(H,41,46)/t28-,29?,30?/m0/s1. The van der Waals surface area contributed by atoms with Crippen LogP contribution in [-0.4, -0.2) is 71.4 Å². The van der Waals surface area contributed by atoms with E-state index in [1.807, 2.05) is 76.5 Å². The molecule has 4 fully saturated rings. The van der Waals surface area contributed by atoms with E-state index >= 15 is 0 Å². The van der Waals surface area contributed by atoms with Crippen molar-refractivity contribution in [2.45, 2.75) is 69.2 Å². The molecule has 3 aromatic carbocycles. The number of fused-ring (bicyclic) bond motifs is 2. The van der Waals surface area contributed by atoms with Gasteiger partial charge in [0.05, 0.1) is 36.0 Å². The number of anilines is 1. The van der Waals surface area contributed by atoms with Crippen LogP contribution in [0.15, 0.2) is 71.3 Å². The number of aromatic nitrogens is 1. The number of morpholine rings is 1. The largest absolute Gasteiger partial charge is 0.378 e. The number of hydrogen-bond acceptors (Lipinski definition) is 6. The van der Waals surface area contributed by atoms with Crippen LogP contribution in [0.5, 0.6) is 0 Å². The number of amides is 3. The van der Waals surface area contributed by atoms with Crippen molar-refractivity contribution >= 4 is 40.8 Å². The Kier molecular flexibility index (Phi) is 9.09. The van der Waals surface area contributed by atoms with Crippen LogP contribution in [0.3, 0.4) is 0 Å². The molecule has 1 aromatic heterocycles. The van der Waals surface area contributed by atoms with E-state index in [0.717, 1.165) is 66.7 Å². The van der Waals surface area contributed by atoms with Gasteiger partial charge in [0.1, 0.15) is 11.5 Å². The Morgan fingerprint density at radius 2 is 1.57 bits per heavy atom. The minimum absolute atomic E-state index is 0.0134. The van der Waals surface area contributed by atoms with Crippen LogP contribution in [-0.2, 0) is 16.1 Å². The molecule has 3 aliphatic heterocycles. The maximum absolute atomic E-state index is 13.7. The van der Waals surface area contributed by atoms with Crippen molar-refractivity contribution in [2.24, 2.45) is 0 Å². The molecule has 3 atom stereocenters.